The first-order valence-corrected chi connectivity index (χ1v) is 11.2. The topological polar surface area (TPSA) is 105 Å². The average Bonchev–Trinajstić information content (AvgIpc) is 3.16. The van der Waals surface area contributed by atoms with Gasteiger partial charge in [-0.2, -0.15) is 0 Å². The van der Waals surface area contributed by atoms with E-state index in [-0.39, 0.29) is 30.3 Å². The summed E-state index contributed by atoms with van der Waals surface area (Å²) in [6.45, 7) is 3.38. The molecule has 0 fully saturated rings. The third-order valence-corrected chi connectivity index (χ3v) is 5.64. The number of nitrogens with zero attached hydrogens (tertiary/aromatic N) is 2. The molecule has 0 atom stereocenters. The summed E-state index contributed by atoms with van der Waals surface area (Å²) in [6.07, 6.45) is -0.150. The van der Waals surface area contributed by atoms with E-state index in [2.05, 4.69) is 19.8 Å². The largest absolute Gasteiger partial charge is 0.586 e. The molecule has 0 saturated carbocycles. The third-order valence-electron chi connectivity index (χ3n) is 5.64. The molecule has 4 rings (SSSR count). The molecule has 8 nitrogen and oxygen atoms in total. The number of aromatic nitrogens is 1. The monoisotopic (exact) mass is 494 g/mol. The number of pyridine rings is 1. The van der Waals surface area contributed by atoms with Gasteiger partial charge in [0.2, 0.25) is 5.91 Å². The van der Waals surface area contributed by atoms with Gasteiger partial charge in [-0.25, -0.2) is 0 Å². The second kappa shape index (κ2) is 10.1. The van der Waals surface area contributed by atoms with Crippen LogP contribution in [0, 0.1) is 12.3 Å². The number of halogens is 2. The van der Waals surface area contributed by atoms with Crippen LogP contribution in [0.1, 0.15) is 34.0 Å². The summed E-state index contributed by atoms with van der Waals surface area (Å²) in [6, 6.07) is 12.9. The maximum atomic E-state index is 13.3. The normalized spacial score (nSPS) is 13.2. The molecule has 186 valence electrons. The number of nitrogens with one attached hydrogen (secondary N) is 2. The van der Waals surface area contributed by atoms with E-state index in [9.17, 15) is 18.4 Å². The van der Waals surface area contributed by atoms with Crippen molar-refractivity contribution in [1.29, 1.82) is 5.41 Å². The van der Waals surface area contributed by atoms with E-state index in [4.69, 9.17) is 5.41 Å². The fraction of sp³-hybridized carbons (Fsp3) is 0.231. The van der Waals surface area contributed by atoms with Crippen LogP contribution in [0.5, 0.6) is 11.5 Å². The number of likely N-dealkylation sites (N-methyl/N-ethyl adjacent to an activating group) is 1. The van der Waals surface area contributed by atoms with Gasteiger partial charge < -0.3 is 25.1 Å². The van der Waals surface area contributed by atoms with Crippen molar-refractivity contribution in [3.05, 3.63) is 83.2 Å². The molecule has 0 bridgehead atoms. The first-order valence-electron chi connectivity index (χ1n) is 11.2. The second-order valence-corrected chi connectivity index (χ2v) is 8.13. The molecule has 0 unspecified atom stereocenters. The fourth-order valence-electron chi connectivity index (χ4n) is 3.97. The van der Waals surface area contributed by atoms with Crippen LogP contribution in [0.2, 0.25) is 0 Å². The molecule has 1 aliphatic rings. The minimum Gasteiger partial charge on any atom is -0.395 e. The molecule has 2 N–H and O–H groups in total. The van der Waals surface area contributed by atoms with E-state index in [1.54, 1.807) is 50.5 Å². The maximum absolute atomic E-state index is 13.3. The molecular weight excluding hydrogens is 470 g/mol. The van der Waals surface area contributed by atoms with Crippen molar-refractivity contribution in [2.45, 2.75) is 26.6 Å². The van der Waals surface area contributed by atoms with Gasteiger partial charge in [-0.3, -0.25) is 14.6 Å². The van der Waals surface area contributed by atoms with Crippen LogP contribution in [-0.4, -0.2) is 41.9 Å². The Morgan fingerprint density at radius 1 is 1.11 bits per heavy atom. The van der Waals surface area contributed by atoms with E-state index in [0.717, 1.165) is 5.56 Å². The maximum Gasteiger partial charge on any atom is 0.586 e. The van der Waals surface area contributed by atoms with Gasteiger partial charge >= 0.3 is 6.29 Å². The molecular formula is C26H24F2N4O4. The number of benzene rings is 2. The molecule has 3 aromatic rings. The Balaban J connectivity index is 1.47. The molecule has 1 aliphatic heterocycles. The van der Waals surface area contributed by atoms with Gasteiger partial charge in [0.1, 0.15) is 0 Å². The molecule has 1 aromatic heterocycles. The SMILES string of the molecule is CCN(C(=O)CNC(=O)c1c(C)cccc1C(=N)Cc1cccnc1)c1ccc2c(c1)OC(F)(F)O2. The number of alkyl halides is 2. The smallest absolute Gasteiger partial charge is 0.395 e. The molecule has 0 saturated heterocycles. The molecule has 0 radical (unpaired) electrons. The highest BCUT2D eigenvalue weighted by Gasteiger charge is 2.43. The summed E-state index contributed by atoms with van der Waals surface area (Å²) in [5.74, 6) is -1.24. The van der Waals surface area contributed by atoms with Crippen LogP contribution in [0.25, 0.3) is 0 Å². The van der Waals surface area contributed by atoms with Gasteiger partial charge in [0.05, 0.1) is 12.1 Å². The van der Waals surface area contributed by atoms with Crippen LogP contribution in [0.15, 0.2) is 60.9 Å². The summed E-state index contributed by atoms with van der Waals surface area (Å²) in [7, 11) is 0. The Morgan fingerprint density at radius 3 is 2.61 bits per heavy atom. The van der Waals surface area contributed by atoms with E-state index >= 15 is 0 Å². The van der Waals surface area contributed by atoms with Gasteiger partial charge in [-0.1, -0.05) is 24.3 Å². The summed E-state index contributed by atoms with van der Waals surface area (Å²) >= 11 is 0. The number of hydrogen-bond acceptors (Lipinski definition) is 6. The van der Waals surface area contributed by atoms with Crippen LogP contribution in [-0.2, 0) is 11.2 Å². The Hall–Kier alpha value is -4.34. The third kappa shape index (κ3) is 5.32. The van der Waals surface area contributed by atoms with Gasteiger partial charge in [0.15, 0.2) is 11.5 Å². The predicted molar refractivity (Wildman–Crippen MR) is 129 cm³/mol. The molecule has 2 amide bonds. The number of amides is 2. The number of carbonyl (C=O) groups is 2. The summed E-state index contributed by atoms with van der Waals surface area (Å²) in [5, 5.41) is 11.2. The van der Waals surface area contributed by atoms with Crippen molar-refractivity contribution in [3.8, 4) is 11.5 Å². The number of aryl methyl sites for hydroxylation is 1. The molecule has 36 heavy (non-hydrogen) atoms. The Morgan fingerprint density at radius 2 is 1.89 bits per heavy atom. The van der Waals surface area contributed by atoms with Crippen molar-refractivity contribution in [2.75, 3.05) is 18.0 Å². The number of hydrogen-bond donors (Lipinski definition) is 2. The van der Waals surface area contributed by atoms with Crippen LogP contribution < -0.4 is 19.7 Å². The summed E-state index contributed by atoms with van der Waals surface area (Å²) in [5.41, 5.74) is 2.85. The van der Waals surface area contributed by atoms with Gasteiger partial charge in [0, 0.05) is 48.4 Å². The van der Waals surface area contributed by atoms with Crippen molar-refractivity contribution in [3.63, 3.8) is 0 Å². The van der Waals surface area contributed by atoms with Crippen molar-refractivity contribution >= 4 is 23.2 Å². The van der Waals surface area contributed by atoms with Crippen LogP contribution in [0.4, 0.5) is 14.5 Å². The number of fused-ring (bicyclic) bond motifs is 1. The Labute approximate surface area is 206 Å². The molecule has 0 aliphatic carbocycles. The zero-order valence-corrected chi connectivity index (χ0v) is 19.7. The lowest BCUT2D eigenvalue weighted by atomic mass is 9.94. The van der Waals surface area contributed by atoms with Crippen LogP contribution >= 0.6 is 0 Å². The number of anilines is 1. The summed E-state index contributed by atoms with van der Waals surface area (Å²) in [4.78, 5) is 31.4. The average molecular weight is 494 g/mol. The zero-order chi connectivity index (χ0) is 25.9. The van der Waals surface area contributed by atoms with Gasteiger partial charge in [-0.15, -0.1) is 8.78 Å². The highest BCUT2D eigenvalue weighted by Crippen LogP contribution is 2.42. The highest BCUT2D eigenvalue weighted by atomic mass is 19.3. The molecule has 2 aromatic carbocycles. The minimum absolute atomic E-state index is 0.124. The number of ether oxygens (including phenoxy) is 2. The zero-order valence-electron chi connectivity index (χ0n) is 19.7. The second-order valence-electron chi connectivity index (χ2n) is 8.13. The first-order chi connectivity index (χ1) is 17.2. The lowest BCUT2D eigenvalue weighted by Gasteiger charge is -2.22. The van der Waals surface area contributed by atoms with Crippen LogP contribution in [0.3, 0.4) is 0 Å². The quantitative estimate of drug-likeness (QED) is 0.459. The minimum atomic E-state index is -3.76. The molecule has 0 spiro atoms. The Kier molecular flexibility index (Phi) is 6.96. The Bertz CT molecular complexity index is 1310. The fourth-order valence-corrected chi connectivity index (χ4v) is 3.97. The molecule has 10 heteroatoms. The lowest BCUT2D eigenvalue weighted by Crippen LogP contribution is -2.40. The molecule has 2 heterocycles. The van der Waals surface area contributed by atoms with Gasteiger partial charge in [-0.05, 0) is 43.2 Å². The van der Waals surface area contributed by atoms with Gasteiger partial charge in [0.25, 0.3) is 5.91 Å². The number of carbonyl (C=O) groups excluding carboxylic acids is 2. The van der Waals surface area contributed by atoms with Crippen molar-refractivity contribution < 1.29 is 27.8 Å². The van der Waals surface area contributed by atoms with Crippen molar-refractivity contribution in [1.82, 2.24) is 10.3 Å². The predicted octanol–water partition coefficient (Wildman–Crippen LogP) is 4.10. The standard InChI is InChI=1S/C26H24F2N4O4/c1-3-32(18-9-10-21-22(13-18)36-26(27,28)35-21)23(33)15-31-25(34)24-16(2)6-4-8-19(24)20(29)12-17-7-5-11-30-14-17/h4-11,13-14,29H,3,12,15H2,1-2H3,(H,31,34). The lowest BCUT2D eigenvalue weighted by molar-refractivity contribution is -0.286. The number of rotatable bonds is 8. The van der Waals surface area contributed by atoms with E-state index in [0.29, 0.717) is 28.8 Å². The highest BCUT2D eigenvalue weighted by molar-refractivity contribution is 6.11. The first kappa shape index (κ1) is 24.8. The summed E-state index contributed by atoms with van der Waals surface area (Å²) < 4.78 is 35.5. The van der Waals surface area contributed by atoms with E-state index in [1.165, 1.54) is 23.1 Å². The van der Waals surface area contributed by atoms with Crippen molar-refractivity contribution in [2.24, 2.45) is 0 Å². The van der Waals surface area contributed by atoms with E-state index < -0.39 is 18.1 Å². The van der Waals surface area contributed by atoms with E-state index in [1.807, 2.05) is 6.07 Å².